The van der Waals surface area contributed by atoms with Crippen LogP contribution in [0.15, 0.2) is 0 Å². The van der Waals surface area contributed by atoms with Gasteiger partial charge in [-0.1, -0.05) is 12.8 Å². The summed E-state index contributed by atoms with van der Waals surface area (Å²) in [5, 5.41) is 2.66. The summed E-state index contributed by atoms with van der Waals surface area (Å²) in [6, 6.07) is -0.499. The minimum absolute atomic E-state index is 0.302. The third-order valence-corrected chi connectivity index (χ3v) is 3.02. The van der Waals surface area contributed by atoms with Crippen LogP contribution in [0.1, 0.15) is 25.7 Å². The van der Waals surface area contributed by atoms with Crippen molar-refractivity contribution in [1.82, 2.24) is 10.2 Å². The Kier molecular flexibility index (Phi) is 2.13. The highest BCUT2D eigenvalue weighted by Gasteiger charge is 2.52. The number of primary amides is 1. The Hall–Kier alpha value is -1.59. The Morgan fingerprint density at radius 1 is 1.40 bits per heavy atom. The number of imide groups is 1. The summed E-state index contributed by atoms with van der Waals surface area (Å²) >= 11 is 0. The first kappa shape index (κ1) is 9.95. The first-order valence-electron chi connectivity index (χ1n) is 4.98. The molecule has 1 aliphatic heterocycles. The fourth-order valence-electron chi connectivity index (χ4n) is 2.29. The fourth-order valence-corrected chi connectivity index (χ4v) is 2.29. The van der Waals surface area contributed by atoms with Gasteiger partial charge in [0, 0.05) is 0 Å². The van der Waals surface area contributed by atoms with E-state index in [4.69, 9.17) is 5.73 Å². The molecule has 0 aromatic carbocycles. The van der Waals surface area contributed by atoms with Crippen LogP contribution in [0, 0.1) is 0 Å². The summed E-state index contributed by atoms with van der Waals surface area (Å²) < 4.78 is 0. The summed E-state index contributed by atoms with van der Waals surface area (Å²) in [4.78, 5) is 35.0. The van der Waals surface area contributed by atoms with Gasteiger partial charge in [-0.05, 0) is 12.8 Å². The number of carbonyl (C=O) groups excluding carboxylic acids is 3. The largest absolute Gasteiger partial charge is 0.368 e. The molecule has 4 amide bonds. The van der Waals surface area contributed by atoms with E-state index < -0.39 is 17.5 Å². The second kappa shape index (κ2) is 3.22. The van der Waals surface area contributed by atoms with Gasteiger partial charge in [0.15, 0.2) is 0 Å². The monoisotopic (exact) mass is 211 g/mol. The molecule has 0 radical (unpaired) electrons. The standard InChI is InChI=1S/C9H13N3O3/c10-6(13)5-12-7(14)9(11-8(12)15)3-1-2-4-9/h1-5H2,(H2,10,13)(H,11,15). The van der Waals surface area contributed by atoms with E-state index in [-0.39, 0.29) is 12.5 Å². The zero-order valence-electron chi connectivity index (χ0n) is 8.28. The molecule has 1 aliphatic carbocycles. The molecule has 1 heterocycles. The molecule has 6 nitrogen and oxygen atoms in total. The quantitative estimate of drug-likeness (QED) is 0.593. The predicted octanol–water partition coefficient (Wildman–Crippen LogP) is -0.664. The van der Waals surface area contributed by atoms with Crippen LogP contribution in [0.2, 0.25) is 0 Å². The molecule has 0 atom stereocenters. The lowest BCUT2D eigenvalue weighted by Gasteiger charge is -2.19. The molecule has 0 bridgehead atoms. The third kappa shape index (κ3) is 1.45. The lowest BCUT2D eigenvalue weighted by atomic mass is 9.98. The summed E-state index contributed by atoms with van der Waals surface area (Å²) in [5.74, 6) is -0.975. The molecule has 2 fully saturated rings. The average Bonchev–Trinajstić information content (AvgIpc) is 2.69. The van der Waals surface area contributed by atoms with E-state index >= 15 is 0 Å². The topological polar surface area (TPSA) is 92.5 Å². The van der Waals surface area contributed by atoms with Crippen LogP contribution in [0.3, 0.4) is 0 Å². The van der Waals surface area contributed by atoms with Gasteiger partial charge >= 0.3 is 6.03 Å². The number of urea groups is 1. The van der Waals surface area contributed by atoms with Crippen LogP contribution >= 0.6 is 0 Å². The van der Waals surface area contributed by atoms with Gasteiger partial charge in [0.05, 0.1) is 0 Å². The lowest BCUT2D eigenvalue weighted by molar-refractivity contribution is -0.134. The molecule has 1 spiro atoms. The molecule has 0 aromatic heterocycles. The van der Waals surface area contributed by atoms with E-state index in [1.807, 2.05) is 0 Å². The van der Waals surface area contributed by atoms with Crippen molar-refractivity contribution in [2.75, 3.05) is 6.54 Å². The molecule has 1 saturated carbocycles. The van der Waals surface area contributed by atoms with Crippen molar-refractivity contribution in [2.45, 2.75) is 31.2 Å². The van der Waals surface area contributed by atoms with Gasteiger partial charge in [0.2, 0.25) is 5.91 Å². The van der Waals surface area contributed by atoms with E-state index in [0.29, 0.717) is 12.8 Å². The molecule has 2 rings (SSSR count). The Labute approximate surface area is 86.8 Å². The number of nitrogens with zero attached hydrogens (tertiary/aromatic N) is 1. The second-order valence-corrected chi connectivity index (χ2v) is 4.08. The fraction of sp³-hybridized carbons (Fsp3) is 0.667. The van der Waals surface area contributed by atoms with Crippen molar-refractivity contribution >= 4 is 17.8 Å². The van der Waals surface area contributed by atoms with Crippen LogP contribution in [0.5, 0.6) is 0 Å². The molecule has 15 heavy (non-hydrogen) atoms. The molecule has 3 N–H and O–H groups in total. The maximum Gasteiger partial charge on any atom is 0.325 e. The van der Waals surface area contributed by atoms with Crippen molar-refractivity contribution in [3.8, 4) is 0 Å². The number of amides is 4. The lowest BCUT2D eigenvalue weighted by Crippen LogP contribution is -2.44. The van der Waals surface area contributed by atoms with Gasteiger partial charge in [-0.15, -0.1) is 0 Å². The van der Waals surface area contributed by atoms with Crippen molar-refractivity contribution < 1.29 is 14.4 Å². The number of nitrogens with one attached hydrogen (secondary N) is 1. The van der Waals surface area contributed by atoms with Crippen molar-refractivity contribution in [2.24, 2.45) is 5.73 Å². The number of nitrogens with two attached hydrogens (primary N) is 1. The number of rotatable bonds is 2. The van der Waals surface area contributed by atoms with Crippen molar-refractivity contribution in [1.29, 1.82) is 0 Å². The normalized spacial score (nSPS) is 23.6. The molecule has 2 aliphatic rings. The highest BCUT2D eigenvalue weighted by atomic mass is 16.2. The Bertz CT molecular complexity index is 333. The summed E-state index contributed by atoms with van der Waals surface area (Å²) in [5.41, 5.74) is 4.23. The SMILES string of the molecule is NC(=O)CN1C(=O)NC2(CCCC2)C1=O. The maximum atomic E-state index is 11.9. The summed E-state index contributed by atoms with van der Waals surface area (Å²) in [6.45, 7) is -0.327. The van der Waals surface area contributed by atoms with Gasteiger partial charge in [-0.2, -0.15) is 0 Å². The van der Waals surface area contributed by atoms with E-state index in [1.165, 1.54) is 0 Å². The highest BCUT2D eigenvalue weighted by molar-refractivity contribution is 6.09. The number of hydrogen-bond donors (Lipinski definition) is 2. The average molecular weight is 211 g/mol. The molecule has 0 aromatic rings. The summed E-state index contributed by atoms with van der Waals surface area (Å²) in [6.07, 6.45) is 3.17. The zero-order valence-corrected chi connectivity index (χ0v) is 8.28. The van der Waals surface area contributed by atoms with E-state index in [1.54, 1.807) is 0 Å². The van der Waals surface area contributed by atoms with Gasteiger partial charge in [-0.25, -0.2) is 4.79 Å². The smallest absolute Gasteiger partial charge is 0.325 e. The second-order valence-electron chi connectivity index (χ2n) is 4.08. The first-order chi connectivity index (χ1) is 7.05. The van der Waals surface area contributed by atoms with Gasteiger partial charge in [0.1, 0.15) is 12.1 Å². The summed E-state index contributed by atoms with van der Waals surface area (Å²) in [7, 11) is 0. The van der Waals surface area contributed by atoms with Crippen LogP contribution in [-0.4, -0.2) is 34.8 Å². The van der Waals surface area contributed by atoms with Gasteiger partial charge < -0.3 is 11.1 Å². The molecular formula is C9H13N3O3. The predicted molar refractivity (Wildman–Crippen MR) is 50.6 cm³/mol. The Morgan fingerprint density at radius 3 is 2.53 bits per heavy atom. The van der Waals surface area contributed by atoms with Crippen molar-refractivity contribution in [3.05, 3.63) is 0 Å². The minimum Gasteiger partial charge on any atom is -0.368 e. The molecule has 1 saturated heterocycles. The van der Waals surface area contributed by atoms with E-state index in [2.05, 4.69) is 5.32 Å². The Morgan fingerprint density at radius 2 is 2.00 bits per heavy atom. The minimum atomic E-state index is -0.744. The molecule has 6 heteroatoms. The number of hydrogen-bond acceptors (Lipinski definition) is 3. The van der Waals surface area contributed by atoms with Crippen LogP contribution < -0.4 is 11.1 Å². The van der Waals surface area contributed by atoms with Gasteiger partial charge in [0.25, 0.3) is 5.91 Å². The number of carbonyl (C=O) groups is 3. The first-order valence-corrected chi connectivity index (χ1v) is 4.98. The maximum absolute atomic E-state index is 11.9. The van der Waals surface area contributed by atoms with E-state index in [9.17, 15) is 14.4 Å². The zero-order chi connectivity index (χ0) is 11.1. The molecule has 82 valence electrons. The van der Waals surface area contributed by atoms with Crippen LogP contribution in [-0.2, 0) is 9.59 Å². The van der Waals surface area contributed by atoms with E-state index in [0.717, 1.165) is 17.7 Å². The molecule has 0 unspecified atom stereocenters. The van der Waals surface area contributed by atoms with Crippen molar-refractivity contribution in [3.63, 3.8) is 0 Å². The third-order valence-electron chi connectivity index (χ3n) is 3.02. The molecular weight excluding hydrogens is 198 g/mol. The van der Waals surface area contributed by atoms with Crippen LogP contribution in [0.4, 0.5) is 4.79 Å². The van der Waals surface area contributed by atoms with Gasteiger partial charge in [-0.3, -0.25) is 14.5 Å². The highest BCUT2D eigenvalue weighted by Crippen LogP contribution is 2.34. The Balaban J connectivity index is 2.19. The van der Waals surface area contributed by atoms with Crippen LogP contribution in [0.25, 0.3) is 0 Å².